The van der Waals surface area contributed by atoms with Crippen LogP contribution in [0.15, 0.2) is 12.3 Å². The molecule has 0 saturated heterocycles. The van der Waals surface area contributed by atoms with Crippen molar-refractivity contribution >= 4 is 0 Å². The molecule has 0 atom stereocenters. The first kappa shape index (κ1) is 11.8. The van der Waals surface area contributed by atoms with Crippen molar-refractivity contribution in [2.75, 3.05) is 7.05 Å². The lowest BCUT2D eigenvalue weighted by Crippen LogP contribution is -2.06. The van der Waals surface area contributed by atoms with Crippen LogP contribution >= 0.6 is 0 Å². The number of aromatic nitrogens is 5. The molecule has 2 aromatic heterocycles. The third-order valence-corrected chi connectivity index (χ3v) is 2.66. The Morgan fingerprint density at radius 1 is 1.35 bits per heavy atom. The van der Waals surface area contributed by atoms with E-state index in [1.807, 2.05) is 29.7 Å². The van der Waals surface area contributed by atoms with E-state index in [0.29, 0.717) is 6.54 Å². The molecule has 0 fully saturated rings. The number of nitrogens with zero attached hydrogens (tertiary/aromatic N) is 5. The van der Waals surface area contributed by atoms with Crippen LogP contribution in [0.2, 0.25) is 0 Å². The molecule has 0 spiro atoms. The third kappa shape index (κ3) is 2.71. The van der Waals surface area contributed by atoms with Crippen LogP contribution < -0.4 is 5.32 Å². The maximum atomic E-state index is 4.41. The van der Waals surface area contributed by atoms with Crippen LogP contribution in [0, 0.1) is 0 Å². The summed E-state index contributed by atoms with van der Waals surface area (Å²) in [6.07, 6.45) is 2.91. The van der Waals surface area contributed by atoms with Gasteiger partial charge >= 0.3 is 0 Å². The van der Waals surface area contributed by atoms with Gasteiger partial charge in [0.05, 0.1) is 29.8 Å². The molecule has 92 valence electrons. The van der Waals surface area contributed by atoms with Gasteiger partial charge in [-0.2, -0.15) is 5.10 Å². The first-order chi connectivity index (χ1) is 8.22. The molecule has 0 radical (unpaired) electrons. The number of rotatable bonds is 5. The second-order valence-electron chi connectivity index (χ2n) is 4.04. The smallest absolute Gasteiger partial charge is 0.0964 e. The summed E-state index contributed by atoms with van der Waals surface area (Å²) in [4.78, 5) is 0. The summed E-state index contributed by atoms with van der Waals surface area (Å²) in [5, 5.41) is 15.6. The van der Waals surface area contributed by atoms with E-state index in [1.165, 1.54) is 0 Å². The summed E-state index contributed by atoms with van der Waals surface area (Å²) in [5.41, 5.74) is 3.20. The van der Waals surface area contributed by atoms with Gasteiger partial charge in [-0.3, -0.25) is 4.68 Å². The van der Waals surface area contributed by atoms with E-state index in [4.69, 9.17) is 0 Å². The quantitative estimate of drug-likeness (QED) is 0.810. The van der Waals surface area contributed by atoms with Gasteiger partial charge < -0.3 is 5.32 Å². The lowest BCUT2D eigenvalue weighted by Gasteiger charge is -2.00. The highest BCUT2D eigenvalue weighted by Crippen LogP contribution is 2.06. The molecule has 0 aliphatic rings. The summed E-state index contributed by atoms with van der Waals surface area (Å²) in [6.45, 7) is 3.55. The molecule has 0 unspecified atom stereocenters. The molecule has 2 heterocycles. The third-order valence-electron chi connectivity index (χ3n) is 2.66. The summed E-state index contributed by atoms with van der Waals surface area (Å²) >= 11 is 0. The molecule has 6 heteroatoms. The zero-order chi connectivity index (χ0) is 12.3. The molecule has 17 heavy (non-hydrogen) atoms. The second kappa shape index (κ2) is 5.09. The zero-order valence-corrected chi connectivity index (χ0v) is 10.5. The van der Waals surface area contributed by atoms with Gasteiger partial charge in [-0.1, -0.05) is 12.1 Å². The molecule has 2 rings (SSSR count). The van der Waals surface area contributed by atoms with Crippen LogP contribution in [-0.2, 0) is 26.6 Å². The summed E-state index contributed by atoms with van der Waals surface area (Å²) in [6, 6.07) is 2.11. The first-order valence-electron chi connectivity index (χ1n) is 5.78. The molecule has 0 aromatic carbocycles. The fraction of sp³-hybridized carbons (Fsp3) is 0.545. The average Bonchev–Trinajstić information content (AvgIpc) is 2.88. The van der Waals surface area contributed by atoms with Crippen molar-refractivity contribution in [3.8, 4) is 0 Å². The molecular formula is C11H18N6. The van der Waals surface area contributed by atoms with Gasteiger partial charge in [-0.05, 0) is 19.5 Å². The molecule has 0 saturated carbocycles. The number of hydrogen-bond donors (Lipinski definition) is 1. The Kier molecular flexibility index (Phi) is 3.53. The Balaban J connectivity index is 2.10. The lowest BCUT2D eigenvalue weighted by atomic mass is 10.3. The van der Waals surface area contributed by atoms with Crippen molar-refractivity contribution in [2.24, 2.45) is 7.05 Å². The van der Waals surface area contributed by atoms with E-state index in [1.54, 1.807) is 0 Å². The lowest BCUT2D eigenvalue weighted by molar-refractivity contribution is 0.598. The molecule has 6 nitrogen and oxygen atoms in total. The Morgan fingerprint density at radius 2 is 2.18 bits per heavy atom. The van der Waals surface area contributed by atoms with Gasteiger partial charge in [0, 0.05) is 13.6 Å². The molecule has 1 N–H and O–H groups in total. The van der Waals surface area contributed by atoms with Gasteiger partial charge in [0.1, 0.15) is 0 Å². The van der Waals surface area contributed by atoms with Crippen LogP contribution in [0.1, 0.15) is 24.0 Å². The minimum Gasteiger partial charge on any atom is -0.314 e. The van der Waals surface area contributed by atoms with Crippen molar-refractivity contribution in [3.63, 3.8) is 0 Å². The highest BCUT2D eigenvalue weighted by atomic mass is 15.4. The van der Waals surface area contributed by atoms with Crippen molar-refractivity contribution in [1.29, 1.82) is 0 Å². The predicted octanol–water partition coefficient (Wildman–Crippen LogP) is 0.342. The first-order valence-corrected chi connectivity index (χ1v) is 5.78. The Bertz CT molecular complexity index is 484. The van der Waals surface area contributed by atoms with E-state index in [2.05, 4.69) is 33.7 Å². The predicted molar refractivity (Wildman–Crippen MR) is 64.5 cm³/mol. The number of nitrogens with one attached hydrogen (secondary N) is 1. The van der Waals surface area contributed by atoms with Gasteiger partial charge in [-0.25, -0.2) is 4.68 Å². The van der Waals surface area contributed by atoms with Crippen molar-refractivity contribution in [3.05, 3.63) is 29.3 Å². The van der Waals surface area contributed by atoms with Gasteiger partial charge in [0.2, 0.25) is 0 Å². The molecule has 0 bridgehead atoms. The van der Waals surface area contributed by atoms with Crippen LogP contribution in [0.3, 0.4) is 0 Å². The number of hydrogen-bond acceptors (Lipinski definition) is 4. The van der Waals surface area contributed by atoms with E-state index < -0.39 is 0 Å². The van der Waals surface area contributed by atoms with Crippen molar-refractivity contribution in [1.82, 2.24) is 30.1 Å². The zero-order valence-electron chi connectivity index (χ0n) is 10.5. The minimum absolute atomic E-state index is 0.709. The topological polar surface area (TPSA) is 60.6 Å². The highest BCUT2D eigenvalue weighted by molar-refractivity contribution is 5.10. The normalized spacial score (nSPS) is 11.0. The minimum atomic E-state index is 0.709. The van der Waals surface area contributed by atoms with Crippen LogP contribution in [0.5, 0.6) is 0 Å². The maximum Gasteiger partial charge on any atom is 0.0964 e. The highest BCUT2D eigenvalue weighted by Gasteiger charge is 2.06. The summed E-state index contributed by atoms with van der Waals surface area (Å²) in [5.74, 6) is 0. The van der Waals surface area contributed by atoms with Crippen LogP contribution in [0.25, 0.3) is 0 Å². The molecule has 0 aliphatic carbocycles. The van der Waals surface area contributed by atoms with Crippen molar-refractivity contribution in [2.45, 2.75) is 26.4 Å². The average molecular weight is 234 g/mol. The number of aryl methyl sites for hydroxylation is 2. The summed E-state index contributed by atoms with van der Waals surface area (Å²) in [7, 11) is 3.85. The Morgan fingerprint density at radius 3 is 2.82 bits per heavy atom. The monoisotopic (exact) mass is 234 g/mol. The standard InChI is InChI=1S/C11H18N6/c1-4-9-5-11(16(3)14-9)8-17-7-10(6-12-2)13-15-17/h5,7,12H,4,6,8H2,1-3H3. The van der Waals surface area contributed by atoms with Crippen LogP contribution in [-0.4, -0.2) is 31.8 Å². The molecule has 0 aliphatic heterocycles. The fourth-order valence-corrected chi connectivity index (χ4v) is 1.74. The van der Waals surface area contributed by atoms with Gasteiger partial charge in [0.25, 0.3) is 0 Å². The largest absolute Gasteiger partial charge is 0.314 e. The van der Waals surface area contributed by atoms with E-state index in [9.17, 15) is 0 Å². The van der Waals surface area contributed by atoms with E-state index in [0.717, 1.165) is 30.0 Å². The maximum absolute atomic E-state index is 4.41. The SMILES string of the molecule is CCc1cc(Cn2cc(CNC)nn2)n(C)n1. The van der Waals surface area contributed by atoms with Gasteiger partial charge in [-0.15, -0.1) is 5.10 Å². The second-order valence-corrected chi connectivity index (χ2v) is 4.04. The van der Waals surface area contributed by atoms with Crippen LogP contribution in [0.4, 0.5) is 0 Å². The van der Waals surface area contributed by atoms with Gasteiger partial charge in [0.15, 0.2) is 0 Å². The molecular weight excluding hydrogens is 216 g/mol. The Labute approximate surface area is 101 Å². The van der Waals surface area contributed by atoms with Crippen molar-refractivity contribution < 1.29 is 0 Å². The van der Waals surface area contributed by atoms with E-state index in [-0.39, 0.29) is 0 Å². The molecule has 0 amide bonds. The van der Waals surface area contributed by atoms with E-state index >= 15 is 0 Å². The Hall–Kier alpha value is -1.69. The summed E-state index contributed by atoms with van der Waals surface area (Å²) < 4.78 is 3.74. The molecule has 2 aromatic rings. The fourth-order valence-electron chi connectivity index (χ4n) is 1.74.